The van der Waals surface area contributed by atoms with Crippen LogP contribution in [0.5, 0.6) is 11.5 Å². The van der Waals surface area contributed by atoms with Crippen LogP contribution >= 0.6 is 0 Å². The van der Waals surface area contributed by atoms with Gasteiger partial charge in [0, 0.05) is 51.2 Å². The van der Waals surface area contributed by atoms with E-state index in [0.29, 0.717) is 56.1 Å². The summed E-state index contributed by atoms with van der Waals surface area (Å²) in [5.74, 6) is 2.39. The van der Waals surface area contributed by atoms with Crippen LogP contribution in [0.1, 0.15) is 19.8 Å². The van der Waals surface area contributed by atoms with Crippen LogP contribution in [0.4, 0.5) is 11.8 Å². The first kappa shape index (κ1) is 17.3. The minimum Gasteiger partial charge on any atom is -0.451 e. The standard InChI is InChI=1S/C19H23N5O4/c1-11-27-15-9-12-13(10-16(15)28-11)21-19(22-17(12)20)24-6-4-23(5-7-24)18(25)14-3-2-8-26-14/h9-11,14H,2-8H2,1H3,(H2,20,21,22). The van der Waals surface area contributed by atoms with Gasteiger partial charge in [-0.15, -0.1) is 0 Å². The van der Waals surface area contributed by atoms with Gasteiger partial charge < -0.3 is 29.7 Å². The molecule has 28 heavy (non-hydrogen) atoms. The number of nitrogens with two attached hydrogens (primary N) is 1. The lowest BCUT2D eigenvalue weighted by Crippen LogP contribution is -2.51. The molecule has 2 unspecified atom stereocenters. The molecule has 1 aromatic carbocycles. The molecular weight excluding hydrogens is 362 g/mol. The number of benzene rings is 1. The van der Waals surface area contributed by atoms with E-state index in [0.717, 1.165) is 23.7 Å². The average molecular weight is 385 g/mol. The minimum absolute atomic E-state index is 0.0953. The number of hydrogen-bond acceptors (Lipinski definition) is 8. The van der Waals surface area contributed by atoms with E-state index in [1.165, 1.54) is 0 Å². The minimum atomic E-state index is -0.324. The van der Waals surface area contributed by atoms with Crippen LogP contribution in [-0.2, 0) is 9.53 Å². The third kappa shape index (κ3) is 2.95. The highest BCUT2D eigenvalue weighted by molar-refractivity contribution is 5.92. The summed E-state index contributed by atoms with van der Waals surface area (Å²) in [5, 5.41) is 0.743. The molecule has 5 rings (SSSR count). The van der Waals surface area contributed by atoms with Gasteiger partial charge in [0.15, 0.2) is 11.5 Å². The van der Waals surface area contributed by atoms with Crippen molar-refractivity contribution in [3.63, 3.8) is 0 Å². The second-order valence-electron chi connectivity index (χ2n) is 7.34. The highest BCUT2D eigenvalue weighted by Gasteiger charge is 2.31. The van der Waals surface area contributed by atoms with E-state index in [-0.39, 0.29) is 18.3 Å². The Labute approximate surface area is 162 Å². The molecule has 148 valence electrons. The van der Waals surface area contributed by atoms with Gasteiger partial charge in [0.2, 0.25) is 12.2 Å². The highest BCUT2D eigenvalue weighted by Crippen LogP contribution is 2.39. The maximum Gasteiger partial charge on any atom is 0.251 e. The molecule has 0 spiro atoms. The predicted octanol–water partition coefficient (Wildman–Crippen LogP) is 1.16. The molecule has 0 radical (unpaired) electrons. The zero-order valence-corrected chi connectivity index (χ0v) is 15.8. The van der Waals surface area contributed by atoms with Crippen LogP contribution < -0.4 is 20.1 Å². The van der Waals surface area contributed by atoms with Crippen LogP contribution in [0.2, 0.25) is 0 Å². The quantitative estimate of drug-likeness (QED) is 0.821. The molecule has 1 amide bonds. The molecular formula is C19H23N5O4. The summed E-state index contributed by atoms with van der Waals surface area (Å²) < 4.78 is 16.8. The number of fused-ring (bicyclic) bond motifs is 2. The predicted molar refractivity (Wildman–Crippen MR) is 102 cm³/mol. The van der Waals surface area contributed by atoms with Gasteiger partial charge >= 0.3 is 0 Å². The molecule has 0 aliphatic carbocycles. The average Bonchev–Trinajstić information content (AvgIpc) is 3.34. The molecule has 2 aromatic rings. The Kier molecular flexibility index (Phi) is 4.12. The zero-order chi connectivity index (χ0) is 19.3. The van der Waals surface area contributed by atoms with E-state index in [4.69, 9.17) is 19.9 Å². The third-order valence-corrected chi connectivity index (χ3v) is 5.44. The molecule has 2 N–H and O–H groups in total. The Morgan fingerprint density at radius 1 is 1.14 bits per heavy atom. The lowest BCUT2D eigenvalue weighted by molar-refractivity contribution is -0.141. The Morgan fingerprint density at radius 3 is 2.61 bits per heavy atom. The van der Waals surface area contributed by atoms with E-state index in [9.17, 15) is 4.79 Å². The number of aromatic nitrogens is 2. The number of ether oxygens (including phenoxy) is 3. The van der Waals surface area contributed by atoms with Crippen molar-refractivity contribution in [1.82, 2.24) is 14.9 Å². The van der Waals surface area contributed by atoms with Crippen LogP contribution in [0, 0.1) is 0 Å². The van der Waals surface area contributed by atoms with E-state index in [1.54, 1.807) is 0 Å². The van der Waals surface area contributed by atoms with Gasteiger partial charge in [0.1, 0.15) is 11.9 Å². The summed E-state index contributed by atoms with van der Waals surface area (Å²) in [7, 11) is 0. The van der Waals surface area contributed by atoms with Crippen molar-refractivity contribution in [2.24, 2.45) is 0 Å². The first-order valence-corrected chi connectivity index (χ1v) is 9.68. The number of carbonyl (C=O) groups is 1. The van der Waals surface area contributed by atoms with Gasteiger partial charge in [0.05, 0.1) is 5.52 Å². The van der Waals surface area contributed by atoms with Gasteiger partial charge in [-0.1, -0.05) is 0 Å². The van der Waals surface area contributed by atoms with E-state index in [1.807, 2.05) is 24.0 Å². The van der Waals surface area contributed by atoms with Crippen molar-refractivity contribution >= 4 is 28.6 Å². The lowest BCUT2D eigenvalue weighted by Gasteiger charge is -2.35. The van der Waals surface area contributed by atoms with Crippen LogP contribution in [0.15, 0.2) is 12.1 Å². The summed E-state index contributed by atoms with van der Waals surface area (Å²) >= 11 is 0. The van der Waals surface area contributed by atoms with Crippen molar-refractivity contribution < 1.29 is 19.0 Å². The Hall–Kier alpha value is -2.81. The van der Waals surface area contributed by atoms with Gasteiger partial charge in [-0.05, 0) is 18.9 Å². The maximum atomic E-state index is 12.5. The first-order chi connectivity index (χ1) is 13.6. The largest absolute Gasteiger partial charge is 0.451 e. The maximum absolute atomic E-state index is 12.5. The Balaban J connectivity index is 1.34. The first-order valence-electron chi connectivity index (χ1n) is 9.68. The van der Waals surface area contributed by atoms with Crippen molar-refractivity contribution in [2.75, 3.05) is 43.4 Å². The summed E-state index contributed by atoms with van der Waals surface area (Å²) in [5.41, 5.74) is 6.91. The van der Waals surface area contributed by atoms with E-state index >= 15 is 0 Å². The zero-order valence-electron chi connectivity index (χ0n) is 15.8. The molecule has 0 saturated carbocycles. The second-order valence-corrected chi connectivity index (χ2v) is 7.34. The van der Waals surface area contributed by atoms with E-state index < -0.39 is 0 Å². The number of carbonyl (C=O) groups excluding carboxylic acids is 1. The number of hydrogen-bond donors (Lipinski definition) is 1. The Morgan fingerprint density at radius 2 is 1.89 bits per heavy atom. The number of nitrogens with zero attached hydrogens (tertiary/aromatic N) is 4. The highest BCUT2D eigenvalue weighted by atomic mass is 16.7. The molecule has 2 saturated heterocycles. The van der Waals surface area contributed by atoms with Gasteiger partial charge in [-0.25, -0.2) is 4.98 Å². The molecule has 9 nitrogen and oxygen atoms in total. The van der Waals surface area contributed by atoms with Crippen LogP contribution in [0.25, 0.3) is 10.9 Å². The third-order valence-electron chi connectivity index (χ3n) is 5.44. The summed E-state index contributed by atoms with van der Waals surface area (Å²) in [6.45, 7) is 5.08. The van der Waals surface area contributed by atoms with Crippen LogP contribution in [-0.4, -0.2) is 66.0 Å². The van der Waals surface area contributed by atoms with Crippen molar-refractivity contribution in [3.05, 3.63) is 12.1 Å². The topological polar surface area (TPSA) is 103 Å². The number of rotatable bonds is 2. The number of piperazine rings is 1. The fraction of sp³-hybridized carbons (Fsp3) is 0.526. The fourth-order valence-corrected chi connectivity index (χ4v) is 3.96. The monoisotopic (exact) mass is 385 g/mol. The van der Waals surface area contributed by atoms with E-state index in [2.05, 4.69) is 14.9 Å². The molecule has 1 aromatic heterocycles. The van der Waals surface area contributed by atoms with Crippen molar-refractivity contribution in [2.45, 2.75) is 32.2 Å². The number of amides is 1. The second kappa shape index (κ2) is 6.66. The molecule has 4 heterocycles. The summed E-state index contributed by atoms with van der Waals surface area (Å²) in [6.07, 6.45) is 1.18. The molecule has 9 heteroatoms. The fourth-order valence-electron chi connectivity index (χ4n) is 3.96. The lowest BCUT2D eigenvalue weighted by atomic mass is 10.2. The molecule has 2 fully saturated rings. The van der Waals surface area contributed by atoms with Gasteiger partial charge in [0.25, 0.3) is 5.91 Å². The van der Waals surface area contributed by atoms with Gasteiger partial charge in [-0.3, -0.25) is 4.79 Å². The van der Waals surface area contributed by atoms with Gasteiger partial charge in [-0.2, -0.15) is 4.98 Å². The molecule has 3 aliphatic rings. The SMILES string of the molecule is CC1Oc2cc3nc(N4CCN(C(=O)C5CCCO5)CC4)nc(N)c3cc2O1. The Bertz CT molecular complexity index is 922. The number of anilines is 2. The molecule has 0 bridgehead atoms. The summed E-state index contributed by atoms with van der Waals surface area (Å²) in [4.78, 5) is 25.6. The summed E-state index contributed by atoms with van der Waals surface area (Å²) in [6, 6.07) is 3.67. The normalized spacial score (nSPS) is 24.2. The number of nitrogen functional groups attached to an aromatic ring is 1. The van der Waals surface area contributed by atoms with Crippen molar-refractivity contribution in [1.29, 1.82) is 0 Å². The van der Waals surface area contributed by atoms with Crippen molar-refractivity contribution in [3.8, 4) is 11.5 Å². The smallest absolute Gasteiger partial charge is 0.251 e. The molecule has 2 atom stereocenters. The molecule has 3 aliphatic heterocycles. The van der Waals surface area contributed by atoms with Crippen LogP contribution in [0.3, 0.4) is 0 Å².